The van der Waals surface area contributed by atoms with E-state index < -0.39 is 27.6 Å². The molecule has 4 atom stereocenters. The summed E-state index contributed by atoms with van der Waals surface area (Å²) < 4.78 is 62.2. The van der Waals surface area contributed by atoms with Crippen LogP contribution in [0.2, 0.25) is 0 Å². The fourth-order valence-electron chi connectivity index (χ4n) is 5.64. The zero-order chi connectivity index (χ0) is 38.8. The van der Waals surface area contributed by atoms with Crippen molar-refractivity contribution >= 4 is 27.6 Å². The molecular formula is C40H72O10P2. The molecule has 1 rings (SSSR count). The number of carbonyl (C=O) groups excluding carboxylic acids is 2. The molecule has 0 aliphatic carbocycles. The molecule has 0 bridgehead atoms. The van der Waals surface area contributed by atoms with Crippen LogP contribution in [0.25, 0.3) is 0 Å². The molecule has 0 amide bonds. The minimum atomic E-state index is -4.32. The van der Waals surface area contributed by atoms with Crippen molar-refractivity contribution in [3.05, 3.63) is 35.4 Å². The third kappa shape index (κ3) is 19.7. The monoisotopic (exact) mass is 774 g/mol. The van der Waals surface area contributed by atoms with Crippen molar-refractivity contribution in [2.45, 2.75) is 158 Å². The molecule has 0 fully saturated rings. The van der Waals surface area contributed by atoms with Crippen LogP contribution >= 0.6 is 15.6 Å². The van der Waals surface area contributed by atoms with Gasteiger partial charge >= 0.3 is 27.6 Å². The predicted molar refractivity (Wildman–Crippen MR) is 210 cm³/mol. The van der Waals surface area contributed by atoms with Crippen LogP contribution in [0.3, 0.4) is 0 Å². The van der Waals surface area contributed by atoms with Gasteiger partial charge in [0.05, 0.1) is 37.6 Å². The Bertz CT molecular complexity index is 1070. The van der Waals surface area contributed by atoms with Crippen molar-refractivity contribution in [1.82, 2.24) is 0 Å². The summed E-state index contributed by atoms with van der Waals surface area (Å²) >= 11 is 0. The van der Waals surface area contributed by atoms with E-state index in [0.29, 0.717) is 0 Å². The summed E-state index contributed by atoms with van der Waals surface area (Å²) in [5, 5.41) is 0. The summed E-state index contributed by atoms with van der Waals surface area (Å²) in [5.41, 5.74) is -0.128. The van der Waals surface area contributed by atoms with Gasteiger partial charge in [0.2, 0.25) is 0 Å². The van der Waals surface area contributed by atoms with E-state index in [1.165, 1.54) is 24.3 Å². The van der Waals surface area contributed by atoms with E-state index in [2.05, 4.69) is 27.7 Å². The minimum Gasteiger partial charge on any atom is -0.367 e. The van der Waals surface area contributed by atoms with E-state index >= 15 is 0 Å². The first kappa shape index (κ1) is 48.5. The van der Waals surface area contributed by atoms with Crippen molar-refractivity contribution in [2.75, 3.05) is 26.4 Å². The van der Waals surface area contributed by atoms with Gasteiger partial charge in [-0.1, -0.05) is 139 Å². The molecule has 1 aromatic carbocycles. The Morgan fingerprint density at radius 3 is 1.00 bits per heavy atom. The number of unbranched alkanes of at least 4 members (excludes halogenated alkanes) is 4. The summed E-state index contributed by atoms with van der Waals surface area (Å²) in [6, 6.07) is 5.58. The standard InChI is InChI=1S/C40H72O10P2/c1-9-17-22-33(13-5)29-45-51(43,46-30-34(14-6)23-18-10-2)49-39(41)37-26-21-27-38(28-37)40(42)50-52(44,47-31-35(15-7)24-19-11-3)48-32-36(16-8)25-20-12-4/h21,26-28,33-36H,9-20,22-25,29-32H2,1-8H3. The summed E-state index contributed by atoms with van der Waals surface area (Å²) in [4.78, 5) is 27.0. The van der Waals surface area contributed by atoms with Crippen LogP contribution in [-0.2, 0) is 36.3 Å². The van der Waals surface area contributed by atoms with Gasteiger partial charge in [-0.3, -0.25) is 18.1 Å². The maximum absolute atomic E-state index is 14.0. The first-order chi connectivity index (χ1) is 24.9. The molecule has 0 radical (unpaired) electrons. The molecule has 0 aliphatic rings. The Balaban J connectivity index is 3.24. The Labute approximate surface area is 316 Å². The molecule has 52 heavy (non-hydrogen) atoms. The van der Waals surface area contributed by atoms with Gasteiger partial charge in [-0.25, -0.2) is 18.7 Å². The molecule has 1 aromatic rings. The van der Waals surface area contributed by atoms with Gasteiger partial charge in [-0.05, 0) is 67.6 Å². The average molecular weight is 775 g/mol. The zero-order valence-corrected chi connectivity index (χ0v) is 35.5. The third-order valence-corrected chi connectivity index (χ3v) is 12.4. The first-order valence-corrected chi connectivity index (χ1v) is 23.2. The lowest BCUT2D eigenvalue weighted by Gasteiger charge is -2.23. The number of benzene rings is 1. The molecule has 10 nitrogen and oxygen atoms in total. The van der Waals surface area contributed by atoms with Gasteiger partial charge in [0.15, 0.2) is 0 Å². The predicted octanol–water partition coefficient (Wildman–Crippen LogP) is 13.1. The maximum atomic E-state index is 14.0. The van der Waals surface area contributed by atoms with E-state index in [-0.39, 0.29) is 61.2 Å². The van der Waals surface area contributed by atoms with E-state index in [0.717, 1.165) is 103 Å². The summed E-state index contributed by atoms with van der Waals surface area (Å²) in [5.74, 6) is -1.41. The van der Waals surface area contributed by atoms with Crippen molar-refractivity contribution in [3.8, 4) is 0 Å². The van der Waals surface area contributed by atoms with Crippen LogP contribution in [0.15, 0.2) is 24.3 Å². The second-order valence-corrected chi connectivity index (χ2v) is 17.3. The second-order valence-electron chi connectivity index (χ2n) is 14.1. The third-order valence-electron chi connectivity index (χ3n) is 9.77. The lowest BCUT2D eigenvalue weighted by Crippen LogP contribution is -2.16. The molecule has 302 valence electrons. The summed E-state index contributed by atoms with van der Waals surface area (Å²) in [6.07, 6.45) is 15.0. The molecule has 0 spiro atoms. The number of carbonyl (C=O) groups is 2. The Morgan fingerprint density at radius 2 is 0.769 bits per heavy atom. The number of phosphoric ester groups is 2. The van der Waals surface area contributed by atoms with Gasteiger partial charge in [0.1, 0.15) is 0 Å². The van der Waals surface area contributed by atoms with E-state index in [9.17, 15) is 18.7 Å². The molecule has 0 heterocycles. The van der Waals surface area contributed by atoms with Gasteiger partial charge in [0.25, 0.3) is 0 Å². The SMILES string of the molecule is CCCCC(CC)COP(=O)(OCC(CC)CCCC)OC(=O)c1cccc(C(=O)OP(=O)(OCC(CC)CCCC)OCC(CC)CCCC)c1. The van der Waals surface area contributed by atoms with E-state index in [1.807, 2.05) is 27.7 Å². The molecular weight excluding hydrogens is 702 g/mol. The van der Waals surface area contributed by atoms with Crippen molar-refractivity contribution < 1.29 is 45.9 Å². The Hall–Kier alpha value is -1.54. The number of hydrogen-bond acceptors (Lipinski definition) is 10. The quantitative estimate of drug-likeness (QED) is 0.0653. The van der Waals surface area contributed by atoms with Crippen molar-refractivity contribution in [1.29, 1.82) is 0 Å². The van der Waals surface area contributed by atoms with Crippen molar-refractivity contribution in [2.24, 2.45) is 23.7 Å². The highest BCUT2D eigenvalue weighted by Crippen LogP contribution is 2.53. The van der Waals surface area contributed by atoms with Crippen LogP contribution < -0.4 is 0 Å². The van der Waals surface area contributed by atoms with Gasteiger partial charge in [-0.15, -0.1) is 0 Å². The fraction of sp³-hybridized carbons (Fsp3) is 0.800. The first-order valence-electron chi connectivity index (χ1n) is 20.3. The molecule has 4 unspecified atom stereocenters. The van der Waals surface area contributed by atoms with Crippen LogP contribution in [0.1, 0.15) is 179 Å². The minimum absolute atomic E-state index is 0.0641. The lowest BCUT2D eigenvalue weighted by molar-refractivity contribution is 0.0525. The summed E-state index contributed by atoms with van der Waals surface area (Å²) in [7, 11) is -8.64. The normalized spacial score (nSPS) is 16.3. The van der Waals surface area contributed by atoms with Crippen molar-refractivity contribution in [3.63, 3.8) is 0 Å². The van der Waals surface area contributed by atoms with Gasteiger partial charge < -0.3 is 9.05 Å². The molecule has 0 aromatic heterocycles. The lowest BCUT2D eigenvalue weighted by atomic mass is 10.0. The fourth-order valence-corrected chi connectivity index (χ4v) is 8.19. The topological polar surface area (TPSA) is 124 Å². The highest BCUT2D eigenvalue weighted by atomic mass is 31.2. The molecule has 0 saturated heterocycles. The highest BCUT2D eigenvalue weighted by Gasteiger charge is 2.36. The highest BCUT2D eigenvalue weighted by molar-refractivity contribution is 7.49. The maximum Gasteiger partial charge on any atom is 0.532 e. The average Bonchev–Trinajstić information content (AvgIpc) is 3.15. The van der Waals surface area contributed by atoms with Crippen LogP contribution in [-0.4, -0.2) is 38.4 Å². The second kappa shape index (κ2) is 28.0. The molecule has 0 aliphatic heterocycles. The molecule has 0 N–H and O–H groups in total. The summed E-state index contributed by atoms with van der Waals surface area (Å²) in [6.45, 7) is 17.1. The Morgan fingerprint density at radius 1 is 0.500 bits per heavy atom. The number of phosphoric acid groups is 2. The van der Waals surface area contributed by atoms with Crippen LogP contribution in [0, 0.1) is 23.7 Å². The Kier molecular flexibility index (Phi) is 26.1. The van der Waals surface area contributed by atoms with Crippen LogP contribution in [0.5, 0.6) is 0 Å². The molecule has 0 saturated carbocycles. The number of hydrogen-bond donors (Lipinski definition) is 0. The number of rotatable bonds is 32. The van der Waals surface area contributed by atoms with Crippen LogP contribution in [0.4, 0.5) is 0 Å². The smallest absolute Gasteiger partial charge is 0.367 e. The largest absolute Gasteiger partial charge is 0.532 e. The van der Waals surface area contributed by atoms with E-state index in [1.54, 1.807) is 0 Å². The van der Waals surface area contributed by atoms with Gasteiger partial charge in [0, 0.05) is 0 Å². The molecule has 12 heteroatoms. The van der Waals surface area contributed by atoms with E-state index in [4.69, 9.17) is 27.1 Å². The van der Waals surface area contributed by atoms with Gasteiger partial charge in [-0.2, -0.15) is 0 Å². The zero-order valence-electron chi connectivity index (χ0n) is 33.7.